The topological polar surface area (TPSA) is 112 Å². The summed E-state index contributed by atoms with van der Waals surface area (Å²) >= 11 is 0. The Bertz CT molecular complexity index is 1540. The molecule has 0 spiro atoms. The highest BCUT2D eigenvalue weighted by Crippen LogP contribution is 2.44. The highest BCUT2D eigenvalue weighted by molar-refractivity contribution is 5.83. The van der Waals surface area contributed by atoms with Crippen LogP contribution in [0.4, 0.5) is 0 Å². The lowest BCUT2D eigenvalue weighted by molar-refractivity contribution is -0.140. The number of methoxy groups -OCH3 is 2. The van der Waals surface area contributed by atoms with Crippen molar-refractivity contribution in [3.63, 3.8) is 0 Å². The number of ether oxygens (including phenoxy) is 4. The molecule has 0 saturated heterocycles. The minimum Gasteiger partial charge on any atom is -0.507 e. The smallest absolute Gasteiger partial charge is 0.306 e. The summed E-state index contributed by atoms with van der Waals surface area (Å²) in [5.41, 5.74) is 3.04. The van der Waals surface area contributed by atoms with Gasteiger partial charge in [-0.1, -0.05) is 18.2 Å². The van der Waals surface area contributed by atoms with Crippen molar-refractivity contribution in [1.29, 1.82) is 0 Å². The molecule has 2 aromatic carbocycles. The number of carbonyl (C=O) groups excluding carboxylic acids is 1. The predicted molar refractivity (Wildman–Crippen MR) is 142 cm³/mol. The van der Waals surface area contributed by atoms with Crippen LogP contribution in [0, 0.1) is 6.92 Å². The van der Waals surface area contributed by atoms with Crippen LogP contribution in [0.2, 0.25) is 0 Å². The molecule has 0 radical (unpaired) electrons. The Morgan fingerprint density at radius 3 is 2.74 bits per heavy atom. The number of aromatic nitrogens is 2. The second kappa shape index (κ2) is 10.5. The fraction of sp³-hybridized carbons (Fsp3) is 0.310. The minimum atomic E-state index is -0.806. The number of hydrogen-bond acceptors (Lipinski definition) is 7. The molecule has 1 unspecified atom stereocenters. The maximum Gasteiger partial charge on any atom is 0.306 e. The first-order valence-corrected chi connectivity index (χ1v) is 12.4. The zero-order valence-corrected chi connectivity index (χ0v) is 21.6. The van der Waals surface area contributed by atoms with Gasteiger partial charge in [0.05, 0.1) is 26.2 Å². The second-order valence-electron chi connectivity index (χ2n) is 9.23. The Morgan fingerprint density at radius 2 is 1.95 bits per heavy atom. The van der Waals surface area contributed by atoms with Crippen LogP contribution >= 0.6 is 0 Å². The third kappa shape index (κ3) is 4.67. The van der Waals surface area contributed by atoms with Crippen LogP contribution in [-0.2, 0) is 22.5 Å². The molecule has 1 aliphatic rings. The third-order valence-corrected chi connectivity index (χ3v) is 7.00. The number of nitrogens with one attached hydrogen (secondary N) is 1. The number of nitrogens with zero attached hydrogens (tertiary/aromatic N) is 1. The lowest BCUT2D eigenvalue weighted by atomic mass is 9.87. The van der Waals surface area contributed by atoms with Gasteiger partial charge in [-0.3, -0.25) is 9.59 Å². The largest absolute Gasteiger partial charge is 0.507 e. The summed E-state index contributed by atoms with van der Waals surface area (Å²) in [6, 6.07) is 13.0. The molecule has 1 atom stereocenters. The van der Waals surface area contributed by atoms with Gasteiger partial charge in [-0.15, -0.1) is 0 Å². The van der Waals surface area contributed by atoms with Gasteiger partial charge in [-0.2, -0.15) is 0 Å². The minimum absolute atomic E-state index is 0.110. The molecule has 0 aliphatic carbocycles. The zero-order valence-electron chi connectivity index (χ0n) is 21.6. The van der Waals surface area contributed by atoms with E-state index >= 15 is 0 Å². The molecule has 2 N–H and O–H groups in total. The number of esters is 1. The lowest BCUT2D eigenvalue weighted by Gasteiger charge is -2.25. The van der Waals surface area contributed by atoms with Crippen LogP contribution in [0.3, 0.4) is 0 Å². The molecule has 9 nitrogen and oxygen atoms in total. The third-order valence-electron chi connectivity index (χ3n) is 7.00. The zero-order chi connectivity index (χ0) is 26.8. The summed E-state index contributed by atoms with van der Waals surface area (Å²) in [4.78, 5) is 29.7. The normalized spacial score (nSPS) is 13.3. The second-order valence-corrected chi connectivity index (χ2v) is 9.23. The molecule has 1 aliphatic heterocycles. The molecule has 0 bridgehead atoms. The van der Waals surface area contributed by atoms with Gasteiger partial charge >= 0.3 is 5.97 Å². The first-order chi connectivity index (χ1) is 18.4. The number of para-hydroxylation sites is 1. The van der Waals surface area contributed by atoms with Crippen molar-refractivity contribution in [2.75, 3.05) is 27.4 Å². The van der Waals surface area contributed by atoms with E-state index < -0.39 is 11.9 Å². The van der Waals surface area contributed by atoms with Crippen molar-refractivity contribution in [3.8, 4) is 23.0 Å². The summed E-state index contributed by atoms with van der Waals surface area (Å²) in [6.45, 7) is 2.92. The first kappa shape index (κ1) is 25.3. The van der Waals surface area contributed by atoms with Gasteiger partial charge in [0, 0.05) is 35.3 Å². The predicted octanol–water partition coefficient (Wildman–Crippen LogP) is 4.06. The molecular weight excluding hydrogens is 488 g/mol. The summed E-state index contributed by atoms with van der Waals surface area (Å²) < 4.78 is 23.6. The molecule has 5 rings (SSSR count). The fourth-order valence-corrected chi connectivity index (χ4v) is 5.08. The van der Waals surface area contributed by atoms with Gasteiger partial charge in [0.2, 0.25) is 5.75 Å². The van der Waals surface area contributed by atoms with E-state index in [0.717, 1.165) is 16.5 Å². The van der Waals surface area contributed by atoms with Crippen molar-refractivity contribution >= 4 is 16.9 Å². The number of carbonyl (C=O) groups is 1. The van der Waals surface area contributed by atoms with E-state index in [0.29, 0.717) is 54.7 Å². The van der Waals surface area contributed by atoms with Gasteiger partial charge in [0.1, 0.15) is 19.0 Å². The molecule has 38 heavy (non-hydrogen) atoms. The average molecular weight is 519 g/mol. The van der Waals surface area contributed by atoms with Crippen LogP contribution in [0.25, 0.3) is 10.9 Å². The van der Waals surface area contributed by atoms with Crippen molar-refractivity contribution in [1.82, 2.24) is 9.55 Å². The van der Waals surface area contributed by atoms with Crippen molar-refractivity contribution in [2.24, 2.45) is 0 Å². The van der Waals surface area contributed by atoms with E-state index in [1.54, 1.807) is 29.7 Å². The van der Waals surface area contributed by atoms with Gasteiger partial charge in [0.15, 0.2) is 11.5 Å². The van der Waals surface area contributed by atoms with E-state index in [1.807, 2.05) is 30.5 Å². The van der Waals surface area contributed by atoms with Crippen LogP contribution in [-0.4, -0.2) is 48.1 Å². The van der Waals surface area contributed by atoms with Crippen LogP contribution in [0.15, 0.2) is 53.5 Å². The maximum absolute atomic E-state index is 13.9. The van der Waals surface area contributed by atoms with Gasteiger partial charge in [0.25, 0.3) is 5.56 Å². The van der Waals surface area contributed by atoms with E-state index in [2.05, 4.69) is 4.98 Å². The molecule has 2 aromatic heterocycles. The average Bonchev–Trinajstić information content (AvgIpc) is 3.34. The quantitative estimate of drug-likeness (QED) is 0.338. The molecule has 198 valence electrons. The lowest BCUT2D eigenvalue weighted by Crippen LogP contribution is -2.29. The van der Waals surface area contributed by atoms with Gasteiger partial charge < -0.3 is 33.6 Å². The Labute approximate surface area is 219 Å². The molecule has 0 saturated carbocycles. The van der Waals surface area contributed by atoms with Gasteiger partial charge in [-0.05, 0) is 48.7 Å². The SMILES string of the molecule is COC(=O)CC(c1cc(OC)c2c(c1)OCCO2)c1c(O)cc(C)n(CCc2c[nH]c3ccccc23)c1=O. The molecule has 0 fully saturated rings. The van der Waals surface area contributed by atoms with Gasteiger partial charge in [-0.25, -0.2) is 0 Å². The Morgan fingerprint density at radius 1 is 1.16 bits per heavy atom. The highest BCUT2D eigenvalue weighted by atomic mass is 16.6. The van der Waals surface area contributed by atoms with E-state index in [1.165, 1.54) is 14.2 Å². The number of aryl methyl sites for hydroxylation is 2. The summed E-state index contributed by atoms with van der Waals surface area (Å²) in [7, 11) is 2.80. The van der Waals surface area contributed by atoms with Crippen LogP contribution in [0.5, 0.6) is 23.0 Å². The number of H-pyrrole nitrogens is 1. The first-order valence-electron chi connectivity index (χ1n) is 12.4. The summed E-state index contributed by atoms with van der Waals surface area (Å²) in [5, 5.41) is 12.1. The van der Waals surface area contributed by atoms with Crippen LogP contribution in [0.1, 0.15) is 34.7 Å². The molecule has 9 heteroatoms. The summed E-state index contributed by atoms with van der Waals surface area (Å²) in [6.07, 6.45) is 2.40. The van der Waals surface area contributed by atoms with E-state index in [9.17, 15) is 14.7 Å². The van der Waals surface area contributed by atoms with E-state index in [-0.39, 0.29) is 23.3 Å². The number of hydrogen-bond donors (Lipinski definition) is 2. The van der Waals surface area contributed by atoms with Crippen LogP contribution < -0.4 is 19.8 Å². The Balaban J connectivity index is 1.58. The monoisotopic (exact) mass is 518 g/mol. The van der Waals surface area contributed by atoms with Crippen molar-refractivity contribution in [2.45, 2.75) is 32.2 Å². The summed E-state index contributed by atoms with van der Waals surface area (Å²) in [5.74, 6) is -0.180. The molecular formula is C29H30N2O7. The molecule has 0 amide bonds. The van der Waals surface area contributed by atoms with Crippen molar-refractivity contribution < 1.29 is 28.8 Å². The standard InChI is InChI=1S/C29H30N2O7/c1-17-12-23(32)27(29(34)31(17)9-8-18-16-30-22-7-5-4-6-20(18)22)21(15-26(33)36-3)19-13-24(35-2)28-25(14-19)37-10-11-38-28/h4-7,12-14,16,21,30,32H,8-11,15H2,1-3H3. The highest BCUT2D eigenvalue weighted by Gasteiger charge is 2.29. The number of rotatable bonds is 8. The molecule has 4 aromatic rings. The number of pyridine rings is 1. The fourth-order valence-electron chi connectivity index (χ4n) is 5.08. The Hall–Kier alpha value is -4.40. The number of fused-ring (bicyclic) bond motifs is 2. The number of benzene rings is 2. The number of aromatic amines is 1. The molecule has 3 heterocycles. The maximum atomic E-state index is 13.9. The van der Waals surface area contributed by atoms with E-state index in [4.69, 9.17) is 18.9 Å². The Kier molecular flexibility index (Phi) is 7.00. The number of aromatic hydroxyl groups is 1. The van der Waals surface area contributed by atoms with Crippen molar-refractivity contribution in [3.05, 3.63) is 81.4 Å².